The van der Waals surface area contributed by atoms with E-state index in [-0.39, 0.29) is 18.5 Å². The van der Waals surface area contributed by atoms with E-state index in [1.807, 2.05) is 31.2 Å². The highest BCUT2D eigenvalue weighted by Gasteiger charge is 2.10. The van der Waals surface area contributed by atoms with Gasteiger partial charge in [-0.2, -0.15) is 5.10 Å². The molecule has 1 atom stereocenters. The van der Waals surface area contributed by atoms with Crippen molar-refractivity contribution < 1.29 is 9.53 Å². The molecule has 0 saturated heterocycles. The minimum absolute atomic E-state index is 0.0734. The molecule has 23 heavy (non-hydrogen) atoms. The van der Waals surface area contributed by atoms with Crippen LogP contribution in [0.5, 0.6) is 5.75 Å². The second-order valence-electron chi connectivity index (χ2n) is 5.98. The van der Waals surface area contributed by atoms with Crippen LogP contribution in [-0.2, 0) is 11.3 Å². The lowest BCUT2D eigenvalue weighted by Crippen LogP contribution is -2.30. The predicted octanol–water partition coefficient (Wildman–Crippen LogP) is 2.58. The van der Waals surface area contributed by atoms with E-state index >= 15 is 0 Å². The zero-order chi connectivity index (χ0) is 16.7. The van der Waals surface area contributed by atoms with Crippen LogP contribution < -0.4 is 10.1 Å². The third-order valence-corrected chi connectivity index (χ3v) is 3.49. The van der Waals surface area contributed by atoms with Gasteiger partial charge in [0.25, 0.3) is 0 Å². The van der Waals surface area contributed by atoms with Gasteiger partial charge in [-0.25, -0.2) is 9.67 Å². The number of ether oxygens (including phenoxy) is 1. The normalized spacial score (nSPS) is 12.2. The highest BCUT2D eigenvalue weighted by molar-refractivity contribution is 5.76. The Balaban J connectivity index is 1.82. The van der Waals surface area contributed by atoms with Crippen LogP contribution in [0, 0.1) is 5.92 Å². The molecule has 0 aliphatic carbocycles. The number of nitrogens with one attached hydrogen (secondary N) is 1. The Hall–Kier alpha value is -2.37. The van der Waals surface area contributed by atoms with Crippen LogP contribution in [0.3, 0.4) is 0 Å². The second kappa shape index (κ2) is 8.31. The summed E-state index contributed by atoms with van der Waals surface area (Å²) in [6.07, 6.45) is 3.97. The van der Waals surface area contributed by atoms with Gasteiger partial charge in [0.15, 0.2) is 0 Å². The van der Waals surface area contributed by atoms with E-state index in [0.717, 1.165) is 24.3 Å². The SMILES string of the molecule is CC(C)CCOc1ccc(C(C)NC(=O)Cn2cncn2)cc1. The molecule has 1 unspecified atom stereocenters. The summed E-state index contributed by atoms with van der Waals surface area (Å²) in [5.41, 5.74) is 1.04. The van der Waals surface area contributed by atoms with Gasteiger partial charge in [0, 0.05) is 0 Å². The summed E-state index contributed by atoms with van der Waals surface area (Å²) in [4.78, 5) is 15.8. The predicted molar refractivity (Wildman–Crippen MR) is 88.0 cm³/mol. The molecule has 0 saturated carbocycles. The minimum Gasteiger partial charge on any atom is -0.494 e. The average Bonchev–Trinajstić information content (AvgIpc) is 3.00. The monoisotopic (exact) mass is 316 g/mol. The number of aromatic nitrogens is 3. The smallest absolute Gasteiger partial charge is 0.242 e. The van der Waals surface area contributed by atoms with Gasteiger partial charge in [-0.15, -0.1) is 0 Å². The Morgan fingerprint density at radius 2 is 2.00 bits per heavy atom. The molecular formula is C17H24N4O2. The summed E-state index contributed by atoms with van der Waals surface area (Å²) >= 11 is 0. The Bertz CT molecular complexity index is 594. The molecule has 0 fully saturated rings. The maximum Gasteiger partial charge on any atom is 0.242 e. The van der Waals surface area contributed by atoms with Crippen LogP contribution in [0.1, 0.15) is 38.8 Å². The van der Waals surface area contributed by atoms with E-state index in [2.05, 4.69) is 29.2 Å². The largest absolute Gasteiger partial charge is 0.494 e. The third-order valence-electron chi connectivity index (χ3n) is 3.49. The fourth-order valence-corrected chi connectivity index (χ4v) is 2.10. The number of carbonyl (C=O) groups excluding carboxylic acids is 1. The first-order valence-electron chi connectivity index (χ1n) is 7.89. The van der Waals surface area contributed by atoms with Crippen molar-refractivity contribution in [3.8, 4) is 5.75 Å². The number of rotatable bonds is 8. The van der Waals surface area contributed by atoms with E-state index in [0.29, 0.717) is 5.92 Å². The fourth-order valence-electron chi connectivity index (χ4n) is 2.10. The van der Waals surface area contributed by atoms with Crippen molar-refractivity contribution in [3.05, 3.63) is 42.5 Å². The van der Waals surface area contributed by atoms with E-state index in [4.69, 9.17) is 4.74 Å². The maximum atomic E-state index is 11.9. The van der Waals surface area contributed by atoms with Gasteiger partial charge in [-0.3, -0.25) is 4.79 Å². The van der Waals surface area contributed by atoms with Crippen molar-refractivity contribution in [1.29, 1.82) is 0 Å². The van der Waals surface area contributed by atoms with Crippen molar-refractivity contribution in [2.75, 3.05) is 6.61 Å². The van der Waals surface area contributed by atoms with Crippen LogP contribution >= 0.6 is 0 Å². The van der Waals surface area contributed by atoms with E-state index in [1.165, 1.54) is 17.3 Å². The first-order chi connectivity index (χ1) is 11.0. The molecule has 124 valence electrons. The lowest BCUT2D eigenvalue weighted by molar-refractivity contribution is -0.122. The Labute approximate surface area is 136 Å². The molecule has 2 rings (SSSR count). The van der Waals surface area contributed by atoms with Crippen molar-refractivity contribution in [2.45, 2.75) is 39.8 Å². The third kappa shape index (κ3) is 5.73. The summed E-state index contributed by atoms with van der Waals surface area (Å²) in [6, 6.07) is 7.76. The highest BCUT2D eigenvalue weighted by Crippen LogP contribution is 2.18. The number of nitrogens with zero attached hydrogens (tertiary/aromatic N) is 3. The zero-order valence-corrected chi connectivity index (χ0v) is 13.9. The van der Waals surface area contributed by atoms with Crippen LogP contribution in [0.15, 0.2) is 36.9 Å². The number of carbonyl (C=O) groups is 1. The van der Waals surface area contributed by atoms with Gasteiger partial charge in [-0.05, 0) is 37.0 Å². The molecule has 6 nitrogen and oxygen atoms in total. The first kappa shape index (κ1) is 17.0. The minimum atomic E-state index is -0.0970. The highest BCUT2D eigenvalue weighted by atomic mass is 16.5. The molecule has 0 aliphatic heterocycles. The zero-order valence-electron chi connectivity index (χ0n) is 13.9. The summed E-state index contributed by atoms with van der Waals surface area (Å²) in [5.74, 6) is 1.39. The van der Waals surface area contributed by atoms with Gasteiger partial charge in [0.05, 0.1) is 12.6 Å². The molecule has 1 amide bonds. The molecule has 1 heterocycles. The number of hydrogen-bond donors (Lipinski definition) is 1. The van der Waals surface area contributed by atoms with Gasteiger partial charge in [0.2, 0.25) is 5.91 Å². The second-order valence-corrected chi connectivity index (χ2v) is 5.98. The quantitative estimate of drug-likeness (QED) is 0.812. The molecule has 6 heteroatoms. The Morgan fingerprint density at radius 3 is 2.61 bits per heavy atom. The van der Waals surface area contributed by atoms with E-state index in [9.17, 15) is 4.79 Å². The number of hydrogen-bond acceptors (Lipinski definition) is 4. The van der Waals surface area contributed by atoms with Gasteiger partial charge in [-0.1, -0.05) is 26.0 Å². The molecule has 0 spiro atoms. The molecule has 1 aromatic heterocycles. The van der Waals surface area contributed by atoms with Gasteiger partial charge in [0.1, 0.15) is 24.9 Å². The first-order valence-corrected chi connectivity index (χ1v) is 7.89. The molecule has 0 aliphatic rings. The topological polar surface area (TPSA) is 69.0 Å². The molecular weight excluding hydrogens is 292 g/mol. The van der Waals surface area contributed by atoms with Crippen molar-refractivity contribution >= 4 is 5.91 Å². The van der Waals surface area contributed by atoms with Gasteiger partial charge >= 0.3 is 0 Å². The lowest BCUT2D eigenvalue weighted by atomic mass is 10.1. The van der Waals surface area contributed by atoms with Crippen LogP contribution in [0.25, 0.3) is 0 Å². The average molecular weight is 316 g/mol. The molecule has 0 bridgehead atoms. The number of benzene rings is 1. The van der Waals surface area contributed by atoms with Crippen molar-refractivity contribution in [3.63, 3.8) is 0 Å². The van der Waals surface area contributed by atoms with Gasteiger partial charge < -0.3 is 10.1 Å². The summed E-state index contributed by atoms with van der Waals surface area (Å²) in [6.45, 7) is 7.20. The summed E-state index contributed by atoms with van der Waals surface area (Å²) in [5, 5.41) is 6.86. The number of amides is 1. The summed E-state index contributed by atoms with van der Waals surface area (Å²) < 4.78 is 7.19. The van der Waals surface area contributed by atoms with Crippen molar-refractivity contribution in [1.82, 2.24) is 20.1 Å². The molecule has 1 N–H and O–H groups in total. The lowest BCUT2D eigenvalue weighted by Gasteiger charge is -2.15. The maximum absolute atomic E-state index is 11.9. The molecule has 1 aromatic carbocycles. The standard InChI is InChI=1S/C17H24N4O2/c1-13(2)8-9-23-16-6-4-15(5-7-16)14(3)20-17(22)10-21-12-18-11-19-21/h4-7,11-14H,8-10H2,1-3H3,(H,20,22). The molecule has 0 radical (unpaired) electrons. The van der Waals surface area contributed by atoms with E-state index in [1.54, 1.807) is 0 Å². The van der Waals surface area contributed by atoms with Crippen LogP contribution in [0.4, 0.5) is 0 Å². The van der Waals surface area contributed by atoms with E-state index < -0.39 is 0 Å². The van der Waals surface area contributed by atoms with Crippen molar-refractivity contribution in [2.24, 2.45) is 5.92 Å². The summed E-state index contributed by atoms with van der Waals surface area (Å²) in [7, 11) is 0. The van der Waals surface area contributed by atoms with Crippen LogP contribution in [0.2, 0.25) is 0 Å². The Kier molecular flexibility index (Phi) is 6.14. The fraction of sp³-hybridized carbons (Fsp3) is 0.471. The van der Waals surface area contributed by atoms with Crippen LogP contribution in [-0.4, -0.2) is 27.3 Å². The Morgan fingerprint density at radius 1 is 1.26 bits per heavy atom. The molecule has 2 aromatic rings.